The number of rotatable bonds is 4. The Labute approximate surface area is 142 Å². The molecule has 2 heterocycles. The maximum atomic E-state index is 12.9. The normalized spacial score (nSPS) is 10.7. The lowest BCUT2D eigenvalue weighted by molar-refractivity contribution is 0.0601. The first-order chi connectivity index (χ1) is 12.0. The number of aryl methyl sites for hydroxylation is 1. The van der Waals surface area contributed by atoms with Crippen LogP contribution in [0.3, 0.4) is 0 Å². The van der Waals surface area contributed by atoms with E-state index in [2.05, 4.69) is 20.3 Å². The number of nitrogens with zero attached hydrogens (tertiary/aromatic N) is 2. The summed E-state index contributed by atoms with van der Waals surface area (Å²) in [5, 5.41) is 2.71. The van der Waals surface area contributed by atoms with Crippen LogP contribution < -0.4 is 5.32 Å². The molecule has 2 aromatic heterocycles. The van der Waals surface area contributed by atoms with Gasteiger partial charge >= 0.3 is 5.97 Å². The number of amides is 1. The zero-order chi connectivity index (χ0) is 18.0. The van der Waals surface area contributed by atoms with Gasteiger partial charge in [0.25, 0.3) is 5.91 Å². The van der Waals surface area contributed by atoms with Crippen molar-refractivity contribution in [1.29, 1.82) is 0 Å². The Morgan fingerprint density at radius 3 is 2.64 bits per heavy atom. The van der Waals surface area contributed by atoms with Gasteiger partial charge in [0.05, 0.1) is 12.6 Å². The maximum absolute atomic E-state index is 12.9. The topological polar surface area (TPSA) is 97.0 Å². The van der Waals surface area contributed by atoms with Gasteiger partial charge in [-0.2, -0.15) is 0 Å². The predicted molar refractivity (Wildman–Crippen MR) is 87.5 cm³/mol. The van der Waals surface area contributed by atoms with Gasteiger partial charge in [-0.05, 0) is 24.6 Å². The molecule has 0 aliphatic heterocycles. The second-order valence-corrected chi connectivity index (χ2v) is 5.37. The van der Waals surface area contributed by atoms with Gasteiger partial charge in [-0.3, -0.25) is 4.79 Å². The monoisotopic (exact) mass is 342 g/mol. The molecule has 128 valence electrons. The van der Waals surface area contributed by atoms with E-state index in [1.54, 1.807) is 19.1 Å². The average Bonchev–Trinajstić information content (AvgIpc) is 2.96. The number of methoxy groups -OCH3 is 1. The standard InChI is InChI=1S/C17H15FN4O3/c1-9-12(17(24)25-2)13-14(22-9)15(21-8-20-13)16(23)19-7-10-3-5-11(18)6-4-10/h3-6,8,22H,7H2,1-2H3,(H,19,23). The number of carbonyl (C=O) groups is 2. The molecular weight excluding hydrogens is 327 g/mol. The summed E-state index contributed by atoms with van der Waals surface area (Å²) >= 11 is 0. The van der Waals surface area contributed by atoms with Crippen LogP contribution in [-0.2, 0) is 11.3 Å². The van der Waals surface area contributed by atoms with Crippen LogP contribution in [0.5, 0.6) is 0 Å². The second-order valence-electron chi connectivity index (χ2n) is 5.37. The number of fused-ring (bicyclic) bond motifs is 1. The van der Waals surface area contributed by atoms with Crippen LogP contribution in [0.2, 0.25) is 0 Å². The summed E-state index contributed by atoms with van der Waals surface area (Å²) in [4.78, 5) is 35.4. The summed E-state index contributed by atoms with van der Waals surface area (Å²) in [6.45, 7) is 1.91. The van der Waals surface area contributed by atoms with Gasteiger partial charge in [0.15, 0.2) is 5.69 Å². The summed E-state index contributed by atoms with van der Waals surface area (Å²) in [5.74, 6) is -1.32. The van der Waals surface area contributed by atoms with Crippen molar-refractivity contribution in [2.45, 2.75) is 13.5 Å². The number of ether oxygens (including phenoxy) is 1. The smallest absolute Gasteiger partial charge is 0.341 e. The molecule has 7 nitrogen and oxygen atoms in total. The first kappa shape index (κ1) is 16.6. The molecule has 0 fully saturated rings. The van der Waals surface area contributed by atoms with E-state index in [1.807, 2.05) is 0 Å². The molecule has 0 saturated heterocycles. The van der Waals surface area contributed by atoms with Crippen LogP contribution in [0.15, 0.2) is 30.6 Å². The highest BCUT2D eigenvalue weighted by Gasteiger charge is 2.22. The Balaban J connectivity index is 1.89. The van der Waals surface area contributed by atoms with Crippen LogP contribution in [-0.4, -0.2) is 33.9 Å². The number of aromatic amines is 1. The van der Waals surface area contributed by atoms with E-state index >= 15 is 0 Å². The van der Waals surface area contributed by atoms with Gasteiger partial charge in [0.2, 0.25) is 0 Å². The van der Waals surface area contributed by atoms with Crippen molar-refractivity contribution in [3.63, 3.8) is 0 Å². The number of aromatic nitrogens is 3. The quantitative estimate of drug-likeness (QED) is 0.708. The molecule has 0 unspecified atom stereocenters. The van der Waals surface area contributed by atoms with E-state index in [0.717, 1.165) is 5.56 Å². The van der Waals surface area contributed by atoms with Gasteiger partial charge < -0.3 is 15.0 Å². The third-order valence-electron chi connectivity index (χ3n) is 3.74. The third-order valence-corrected chi connectivity index (χ3v) is 3.74. The van der Waals surface area contributed by atoms with Crippen molar-refractivity contribution in [2.24, 2.45) is 0 Å². The first-order valence-electron chi connectivity index (χ1n) is 7.45. The molecule has 8 heteroatoms. The molecule has 0 bridgehead atoms. The van der Waals surface area contributed by atoms with Crippen molar-refractivity contribution in [1.82, 2.24) is 20.3 Å². The molecule has 1 amide bonds. The Bertz CT molecular complexity index is 950. The summed E-state index contributed by atoms with van der Waals surface area (Å²) in [5.41, 5.74) is 2.36. The minimum absolute atomic E-state index is 0.116. The Hall–Kier alpha value is -3.29. The van der Waals surface area contributed by atoms with Crippen LogP contribution in [0, 0.1) is 12.7 Å². The van der Waals surface area contributed by atoms with Crippen molar-refractivity contribution in [3.05, 3.63) is 58.9 Å². The first-order valence-corrected chi connectivity index (χ1v) is 7.45. The summed E-state index contributed by atoms with van der Waals surface area (Å²) in [7, 11) is 1.28. The minimum atomic E-state index is -0.542. The van der Waals surface area contributed by atoms with Crippen LogP contribution in [0.1, 0.15) is 32.1 Å². The molecule has 3 aromatic rings. The average molecular weight is 342 g/mol. The number of hydrogen-bond acceptors (Lipinski definition) is 5. The largest absolute Gasteiger partial charge is 0.465 e. The minimum Gasteiger partial charge on any atom is -0.465 e. The van der Waals surface area contributed by atoms with E-state index in [0.29, 0.717) is 16.7 Å². The molecule has 0 saturated carbocycles. The molecule has 1 aromatic carbocycles. The molecule has 0 aliphatic rings. The number of esters is 1. The highest BCUT2D eigenvalue weighted by molar-refractivity contribution is 6.09. The number of H-pyrrole nitrogens is 1. The molecule has 3 rings (SSSR count). The second kappa shape index (κ2) is 6.68. The summed E-state index contributed by atoms with van der Waals surface area (Å²) < 4.78 is 17.7. The zero-order valence-electron chi connectivity index (χ0n) is 13.6. The van der Waals surface area contributed by atoms with E-state index in [1.165, 1.54) is 25.6 Å². The van der Waals surface area contributed by atoms with Gasteiger partial charge in [-0.15, -0.1) is 0 Å². The van der Waals surface area contributed by atoms with Crippen LogP contribution in [0.25, 0.3) is 11.0 Å². The fourth-order valence-electron chi connectivity index (χ4n) is 2.51. The van der Waals surface area contributed by atoms with E-state index in [4.69, 9.17) is 4.74 Å². The van der Waals surface area contributed by atoms with Crippen molar-refractivity contribution < 1.29 is 18.7 Å². The SMILES string of the molecule is COC(=O)c1c(C)[nH]c2c(C(=O)NCc3ccc(F)cc3)ncnc12. The van der Waals surface area contributed by atoms with E-state index < -0.39 is 11.9 Å². The molecule has 0 spiro atoms. The fraction of sp³-hybridized carbons (Fsp3) is 0.176. The Morgan fingerprint density at radius 2 is 1.96 bits per heavy atom. The van der Waals surface area contributed by atoms with Gasteiger partial charge in [0.1, 0.15) is 23.2 Å². The third kappa shape index (κ3) is 3.18. The number of nitrogens with one attached hydrogen (secondary N) is 2. The number of carbonyl (C=O) groups excluding carboxylic acids is 2. The molecule has 25 heavy (non-hydrogen) atoms. The number of hydrogen-bond donors (Lipinski definition) is 2. The fourth-order valence-corrected chi connectivity index (χ4v) is 2.51. The zero-order valence-corrected chi connectivity index (χ0v) is 13.6. The lowest BCUT2D eigenvalue weighted by Gasteiger charge is -2.05. The summed E-state index contributed by atoms with van der Waals surface area (Å²) in [6, 6.07) is 5.81. The van der Waals surface area contributed by atoms with Crippen LogP contribution in [0.4, 0.5) is 4.39 Å². The number of halogens is 1. The van der Waals surface area contributed by atoms with Gasteiger partial charge in [0, 0.05) is 12.2 Å². The van der Waals surface area contributed by atoms with Gasteiger partial charge in [-0.1, -0.05) is 12.1 Å². The van der Waals surface area contributed by atoms with E-state index in [9.17, 15) is 14.0 Å². The molecule has 0 atom stereocenters. The molecule has 0 aliphatic carbocycles. The van der Waals surface area contributed by atoms with E-state index in [-0.39, 0.29) is 23.6 Å². The van der Waals surface area contributed by atoms with Crippen LogP contribution >= 0.6 is 0 Å². The molecular formula is C17H15FN4O3. The predicted octanol–water partition coefficient (Wildman–Crippen LogP) is 2.12. The van der Waals surface area contributed by atoms with Crippen molar-refractivity contribution in [2.75, 3.05) is 7.11 Å². The molecule has 0 radical (unpaired) electrons. The lowest BCUT2D eigenvalue weighted by atomic mass is 10.2. The van der Waals surface area contributed by atoms with Crippen molar-refractivity contribution >= 4 is 22.9 Å². The Morgan fingerprint density at radius 1 is 1.24 bits per heavy atom. The highest BCUT2D eigenvalue weighted by atomic mass is 19.1. The Kier molecular flexibility index (Phi) is 4.42. The maximum Gasteiger partial charge on any atom is 0.341 e. The summed E-state index contributed by atoms with van der Waals surface area (Å²) in [6.07, 6.45) is 1.22. The number of benzene rings is 1. The molecule has 2 N–H and O–H groups in total. The van der Waals surface area contributed by atoms with Gasteiger partial charge in [-0.25, -0.2) is 19.2 Å². The van der Waals surface area contributed by atoms with Crippen molar-refractivity contribution in [3.8, 4) is 0 Å². The lowest BCUT2D eigenvalue weighted by Crippen LogP contribution is -2.24. The highest BCUT2D eigenvalue weighted by Crippen LogP contribution is 2.22.